The Hall–Kier alpha value is 0. The smallest absolute Gasteiger partial charge is 0.0297 e. The highest BCUT2D eigenvalue weighted by atomic mass is 14.5. The lowest BCUT2D eigenvalue weighted by atomic mass is 9.61. The van der Waals surface area contributed by atoms with E-state index in [0.717, 1.165) is 68.0 Å². The van der Waals surface area contributed by atoms with Crippen LogP contribution >= 0.6 is 0 Å². The first-order valence-electron chi connectivity index (χ1n) is 36.4. The van der Waals surface area contributed by atoms with Crippen LogP contribution in [0.15, 0.2) is 0 Å². The SMILES string of the molecule is C1CCC2(CC1)CC2.C1CCC2(CC1)CCC2.C1CCC2(CC1)CCC2.C1CCC2(CC1)CCC2.C1CCC2(CC1)CCC2.C1CCC2(CC1)CCC2.CC(C)C.CC(C)C.CC(C)C.CC(C)C.CC(C)C.CC(C)C. The normalized spacial score (nSPS) is 24.9. The van der Waals surface area contributed by atoms with Crippen molar-refractivity contribution in [3.05, 3.63) is 0 Å². The molecule has 77 heavy (non-hydrogen) atoms. The summed E-state index contributed by atoms with van der Waals surface area (Å²) in [5.74, 6) is 5.00. The molecule has 0 nitrogen and oxygen atoms in total. The third-order valence-corrected chi connectivity index (χ3v) is 19.5. The lowest BCUT2D eigenvalue weighted by molar-refractivity contribution is 0.0774. The van der Waals surface area contributed by atoms with Gasteiger partial charge in [-0.05, 0) is 222 Å². The fraction of sp³-hybridized carbons (Fsp3) is 1.00. The second kappa shape index (κ2) is 41.9. The Balaban J connectivity index is 0.000000428. The molecule has 12 saturated carbocycles. The van der Waals surface area contributed by atoms with Crippen molar-refractivity contribution >= 4 is 0 Å². The van der Waals surface area contributed by atoms with Crippen molar-refractivity contribution in [2.45, 2.75) is 426 Å². The van der Waals surface area contributed by atoms with Crippen LogP contribution in [-0.2, 0) is 0 Å². The zero-order valence-electron chi connectivity index (χ0n) is 57.7. The summed E-state index contributed by atoms with van der Waals surface area (Å²) in [7, 11) is 0. The highest BCUT2D eigenvalue weighted by Crippen LogP contribution is 2.57. The van der Waals surface area contributed by atoms with E-state index in [2.05, 4.69) is 125 Å². The van der Waals surface area contributed by atoms with E-state index >= 15 is 0 Å². The summed E-state index contributed by atoms with van der Waals surface area (Å²) < 4.78 is 0. The van der Waals surface area contributed by atoms with Gasteiger partial charge in [-0.1, -0.05) is 272 Å². The summed E-state index contributed by atoms with van der Waals surface area (Å²) in [6.45, 7) is 39.0. The van der Waals surface area contributed by atoms with Crippen LogP contribution in [0.1, 0.15) is 426 Å². The summed E-state index contributed by atoms with van der Waals surface area (Å²) in [6, 6.07) is 0. The molecule has 0 heteroatoms. The minimum absolute atomic E-state index is 0.833. The van der Waals surface area contributed by atoms with Gasteiger partial charge >= 0.3 is 0 Å². The molecule has 0 radical (unpaired) electrons. The molecule has 0 aromatic carbocycles. The molecule has 12 rings (SSSR count). The van der Waals surface area contributed by atoms with Crippen molar-refractivity contribution in [1.29, 1.82) is 0 Å². The summed E-state index contributed by atoms with van der Waals surface area (Å²) in [5, 5.41) is 0. The van der Waals surface area contributed by atoms with Crippen molar-refractivity contribution in [3.63, 3.8) is 0 Å². The molecule has 12 aliphatic carbocycles. The molecular weight excluding hydrogens is 925 g/mol. The van der Waals surface area contributed by atoms with Crippen molar-refractivity contribution in [3.8, 4) is 0 Å². The third kappa shape index (κ3) is 37.7. The van der Waals surface area contributed by atoms with Gasteiger partial charge in [0.1, 0.15) is 0 Å². The van der Waals surface area contributed by atoms with Crippen LogP contribution in [0.5, 0.6) is 0 Å². The second-order valence-corrected chi connectivity index (χ2v) is 33.5. The lowest BCUT2D eigenvalue weighted by Crippen LogP contribution is -2.31. The standard InChI is InChI=1S/5C9H16.C8H14.6C4H10/c5*1-2-5-9(6-3-1)7-4-8-9;1-2-4-8(5-3-1)6-7-8;6*1-4(2)3/h5*1-8H2;1-7H2;6*4H,1-3H3. The first-order valence-corrected chi connectivity index (χ1v) is 36.4. The van der Waals surface area contributed by atoms with E-state index in [-0.39, 0.29) is 0 Å². The van der Waals surface area contributed by atoms with Gasteiger partial charge in [0.05, 0.1) is 0 Å². The maximum Gasteiger partial charge on any atom is -0.0297 e. The van der Waals surface area contributed by atoms with Gasteiger partial charge in [-0.3, -0.25) is 0 Å². The van der Waals surface area contributed by atoms with E-state index in [4.69, 9.17) is 0 Å². The van der Waals surface area contributed by atoms with E-state index in [1.54, 1.807) is 154 Å². The van der Waals surface area contributed by atoms with Crippen LogP contribution in [0.2, 0.25) is 0 Å². The molecule has 0 aromatic rings. The molecule has 0 heterocycles. The largest absolute Gasteiger partial charge is 0.0630 e. The monoisotopic (exact) mass is 1080 g/mol. The molecule has 462 valence electrons. The third-order valence-electron chi connectivity index (χ3n) is 19.5. The fourth-order valence-corrected chi connectivity index (χ4v) is 14.4. The van der Waals surface area contributed by atoms with E-state index in [1.165, 1.54) is 148 Å². The Labute approximate surface area is 491 Å². The van der Waals surface area contributed by atoms with Crippen molar-refractivity contribution < 1.29 is 0 Å². The average molecular weight is 1080 g/mol. The molecule has 0 saturated heterocycles. The summed E-state index contributed by atoms with van der Waals surface area (Å²) in [4.78, 5) is 0. The first kappa shape index (κ1) is 75.0. The predicted molar refractivity (Wildman–Crippen MR) is 355 cm³/mol. The van der Waals surface area contributed by atoms with Gasteiger partial charge in [0, 0.05) is 0 Å². The number of hydrogen-bond donors (Lipinski definition) is 0. The van der Waals surface area contributed by atoms with Gasteiger partial charge in [0.15, 0.2) is 0 Å². The van der Waals surface area contributed by atoms with Gasteiger partial charge in [0.25, 0.3) is 0 Å². The topological polar surface area (TPSA) is 0 Å². The molecule has 0 unspecified atom stereocenters. The highest BCUT2D eigenvalue weighted by molar-refractivity contribution is 4.95. The minimum atomic E-state index is 0.833. The van der Waals surface area contributed by atoms with Crippen LogP contribution in [0.4, 0.5) is 0 Å². The zero-order valence-corrected chi connectivity index (χ0v) is 57.7. The maximum absolute atomic E-state index is 2.17. The Morgan fingerprint density at radius 3 is 0.247 bits per heavy atom. The molecule has 0 atom stereocenters. The van der Waals surface area contributed by atoms with Gasteiger partial charge in [-0.2, -0.15) is 0 Å². The van der Waals surface area contributed by atoms with Gasteiger partial charge in [-0.15, -0.1) is 0 Å². The lowest BCUT2D eigenvalue weighted by Gasteiger charge is -2.45. The van der Waals surface area contributed by atoms with Crippen LogP contribution in [0.3, 0.4) is 0 Å². The number of rotatable bonds is 0. The molecule has 12 aliphatic rings. The van der Waals surface area contributed by atoms with E-state index in [0.29, 0.717) is 0 Å². The molecule has 6 spiro atoms. The quantitative estimate of drug-likeness (QED) is 0.227. The van der Waals surface area contributed by atoms with Crippen LogP contribution in [0, 0.1) is 68.0 Å². The highest BCUT2D eigenvalue weighted by Gasteiger charge is 2.43. The maximum atomic E-state index is 2.17. The molecular formula is C77H154. The van der Waals surface area contributed by atoms with Crippen LogP contribution < -0.4 is 0 Å². The van der Waals surface area contributed by atoms with E-state index in [1.807, 2.05) is 0 Å². The molecule has 0 N–H and O–H groups in total. The summed E-state index contributed by atoms with van der Waals surface area (Å²) in [6.07, 6.45) is 72.6. The average Bonchev–Trinajstić information content (AvgIpc) is 4.08. The second-order valence-electron chi connectivity index (χ2n) is 33.5. The van der Waals surface area contributed by atoms with Crippen LogP contribution in [-0.4, -0.2) is 0 Å². The van der Waals surface area contributed by atoms with Crippen molar-refractivity contribution in [1.82, 2.24) is 0 Å². The summed E-state index contributed by atoms with van der Waals surface area (Å²) in [5.41, 5.74) is 5.43. The molecule has 0 bridgehead atoms. The van der Waals surface area contributed by atoms with Crippen LogP contribution in [0.25, 0.3) is 0 Å². The van der Waals surface area contributed by atoms with E-state index < -0.39 is 0 Å². The Kier molecular flexibility index (Phi) is 40.8. The Morgan fingerprint density at radius 2 is 0.195 bits per heavy atom. The Bertz CT molecular complexity index is 1020. The first-order chi connectivity index (χ1) is 36.4. The van der Waals surface area contributed by atoms with Crippen molar-refractivity contribution in [2.75, 3.05) is 0 Å². The minimum Gasteiger partial charge on any atom is -0.0630 e. The predicted octanol–water partition coefficient (Wildman–Crippen LogP) is 28.3. The van der Waals surface area contributed by atoms with Gasteiger partial charge < -0.3 is 0 Å². The molecule has 12 fully saturated rings. The fourth-order valence-electron chi connectivity index (χ4n) is 14.4. The Morgan fingerprint density at radius 1 is 0.117 bits per heavy atom. The number of hydrogen-bond acceptors (Lipinski definition) is 0. The van der Waals surface area contributed by atoms with E-state index in [9.17, 15) is 0 Å². The van der Waals surface area contributed by atoms with Crippen molar-refractivity contribution in [2.24, 2.45) is 68.0 Å². The summed E-state index contributed by atoms with van der Waals surface area (Å²) >= 11 is 0. The van der Waals surface area contributed by atoms with Gasteiger partial charge in [0.2, 0.25) is 0 Å². The van der Waals surface area contributed by atoms with Gasteiger partial charge in [-0.25, -0.2) is 0 Å². The molecule has 0 aromatic heterocycles. The zero-order chi connectivity index (χ0) is 57.7. The molecule has 0 amide bonds. The molecule has 0 aliphatic heterocycles.